The highest BCUT2D eigenvalue weighted by Crippen LogP contribution is 2.14. The Hall–Kier alpha value is -0.620. The van der Waals surface area contributed by atoms with Crippen LogP contribution >= 0.6 is 28.3 Å². The minimum atomic E-state index is 0. The lowest BCUT2D eigenvalue weighted by molar-refractivity contribution is -0.132. The molecule has 0 atom stereocenters. The Labute approximate surface area is 154 Å². The molecule has 23 heavy (non-hydrogen) atoms. The zero-order valence-electron chi connectivity index (χ0n) is 13.9. The Morgan fingerprint density at radius 2 is 1.87 bits per heavy atom. The van der Waals surface area contributed by atoms with Gasteiger partial charge in [-0.3, -0.25) is 9.69 Å². The fourth-order valence-electron chi connectivity index (χ4n) is 2.66. The molecular weight excluding hydrogens is 378 g/mol. The van der Waals surface area contributed by atoms with Crippen LogP contribution in [0.15, 0.2) is 28.7 Å². The van der Waals surface area contributed by atoms with E-state index in [1.807, 2.05) is 4.90 Å². The van der Waals surface area contributed by atoms with Gasteiger partial charge in [0, 0.05) is 56.2 Å². The number of rotatable bonds is 6. The van der Waals surface area contributed by atoms with Crippen molar-refractivity contribution in [2.45, 2.75) is 32.9 Å². The van der Waals surface area contributed by atoms with Crippen molar-refractivity contribution in [3.05, 3.63) is 34.3 Å². The summed E-state index contributed by atoms with van der Waals surface area (Å²) in [7, 11) is 0. The van der Waals surface area contributed by atoms with Gasteiger partial charge in [-0.15, -0.1) is 12.4 Å². The molecule has 1 saturated heterocycles. The SMILES string of the molecule is CC(C)N(CCC(=O)N1CCNCC1)Cc1ccc(Br)cc1.Cl. The number of carbonyl (C=O) groups excluding carboxylic acids is 1. The molecule has 1 aliphatic heterocycles. The second-order valence-electron chi connectivity index (χ2n) is 6.07. The van der Waals surface area contributed by atoms with Crippen LogP contribution in [-0.2, 0) is 11.3 Å². The first-order valence-corrected chi connectivity index (χ1v) is 8.82. The number of nitrogens with one attached hydrogen (secondary N) is 1. The smallest absolute Gasteiger partial charge is 0.223 e. The fourth-order valence-corrected chi connectivity index (χ4v) is 2.92. The van der Waals surface area contributed by atoms with Crippen LogP contribution in [0.3, 0.4) is 0 Å². The largest absolute Gasteiger partial charge is 0.340 e. The molecule has 0 saturated carbocycles. The molecule has 130 valence electrons. The average Bonchev–Trinajstić information content (AvgIpc) is 2.53. The highest BCUT2D eigenvalue weighted by molar-refractivity contribution is 9.10. The summed E-state index contributed by atoms with van der Waals surface area (Å²) in [5, 5.41) is 3.28. The topological polar surface area (TPSA) is 35.6 Å². The summed E-state index contributed by atoms with van der Waals surface area (Å²) in [5.41, 5.74) is 1.28. The van der Waals surface area contributed by atoms with Gasteiger partial charge in [-0.25, -0.2) is 0 Å². The number of piperazine rings is 1. The van der Waals surface area contributed by atoms with Crippen molar-refractivity contribution in [2.75, 3.05) is 32.7 Å². The first-order valence-electron chi connectivity index (χ1n) is 8.03. The van der Waals surface area contributed by atoms with E-state index in [1.165, 1.54) is 5.56 Å². The molecule has 1 N–H and O–H groups in total. The molecule has 4 nitrogen and oxygen atoms in total. The maximum atomic E-state index is 12.3. The van der Waals surface area contributed by atoms with Gasteiger partial charge in [-0.2, -0.15) is 0 Å². The third-order valence-corrected chi connectivity index (χ3v) is 4.64. The van der Waals surface area contributed by atoms with Crippen LogP contribution in [0.5, 0.6) is 0 Å². The predicted octanol–water partition coefficient (Wildman–Crippen LogP) is 2.90. The summed E-state index contributed by atoms with van der Waals surface area (Å²) in [6.07, 6.45) is 0.606. The van der Waals surface area contributed by atoms with E-state index in [4.69, 9.17) is 0 Å². The molecule has 1 aromatic rings. The molecule has 0 unspecified atom stereocenters. The Bertz CT molecular complexity index is 475. The highest BCUT2D eigenvalue weighted by atomic mass is 79.9. The van der Waals surface area contributed by atoms with Crippen molar-refractivity contribution in [1.29, 1.82) is 0 Å². The standard InChI is InChI=1S/C17H26BrN3O.ClH/c1-14(2)21(13-15-3-5-16(18)6-4-15)10-7-17(22)20-11-8-19-9-12-20;/h3-6,14,19H,7-13H2,1-2H3;1H. The molecular formula is C17H27BrClN3O. The molecule has 1 aliphatic rings. The molecule has 1 amide bonds. The normalized spacial score (nSPS) is 14.9. The van der Waals surface area contributed by atoms with Crippen LogP contribution in [0.4, 0.5) is 0 Å². The van der Waals surface area contributed by atoms with Gasteiger partial charge < -0.3 is 10.2 Å². The lowest BCUT2D eigenvalue weighted by atomic mass is 10.1. The maximum Gasteiger partial charge on any atom is 0.223 e. The van der Waals surface area contributed by atoms with Gasteiger partial charge in [-0.05, 0) is 31.5 Å². The summed E-state index contributed by atoms with van der Waals surface area (Å²) in [6, 6.07) is 8.84. The second kappa shape index (κ2) is 10.3. The minimum absolute atomic E-state index is 0. The molecule has 1 heterocycles. The van der Waals surface area contributed by atoms with Crippen LogP contribution in [0, 0.1) is 0 Å². The summed E-state index contributed by atoms with van der Waals surface area (Å²) in [6.45, 7) is 9.59. The van der Waals surface area contributed by atoms with Crippen LogP contribution < -0.4 is 5.32 Å². The molecule has 2 rings (SSSR count). The van der Waals surface area contributed by atoms with Crippen molar-refractivity contribution in [2.24, 2.45) is 0 Å². The van der Waals surface area contributed by atoms with Crippen molar-refractivity contribution in [3.8, 4) is 0 Å². The van der Waals surface area contributed by atoms with E-state index in [2.05, 4.69) is 64.3 Å². The number of benzene rings is 1. The lowest BCUT2D eigenvalue weighted by Crippen LogP contribution is -2.47. The summed E-state index contributed by atoms with van der Waals surface area (Å²) in [4.78, 5) is 16.6. The number of hydrogen-bond donors (Lipinski definition) is 1. The van der Waals surface area contributed by atoms with Crippen LogP contribution in [0.25, 0.3) is 0 Å². The molecule has 0 radical (unpaired) electrons. The molecule has 1 fully saturated rings. The molecule has 0 aliphatic carbocycles. The van der Waals surface area contributed by atoms with Crippen LogP contribution in [-0.4, -0.2) is 54.5 Å². The molecule has 0 aromatic heterocycles. The van der Waals surface area contributed by atoms with E-state index >= 15 is 0 Å². The predicted molar refractivity (Wildman–Crippen MR) is 101 cm³/mol. The Kier molecular flexibility index (Phi) is 9.14. The van der Waals surface area contributed by atoms with Crippen molar-refractivity contribution < 1.29 is 4.79 Å². The Morgan fingerprint density at radius 1 is 1.26 bits per heavy atom. The van der Waals surface area contributed by atoms with Crippen molar-refractivity contribution in [1.82, 2.24) is 15.1 Å². The first kappa shape index (κ1) is 20.4. The number of nitrogens with zero attached hydrogens (tertiary/aromatic N) is 2. The summed E-state index contributed by atoms with van der Waals surface area (Å²) in [5.74, 6) is 0.281. The van der Waals surface area contributed by atoms with Gasteiger partial charge >= 0.3 is 0 Å². The monoisotopic (exact) mass is 403 g/mol. The second-order valence-corrected chi connectivity index (χ2v) is 6.99. The zero-order chi connectivity index (χ0) is 15.9. The number of amides is 1. The van der Waals surface area contributed by atoms with E-state index in [1.54, 1.807) is 0 Å². The van der Waals surface area contributed by atoms with E-state index in [-0.39, 0.29) is 18.3 Å². The van der Waals surface area contributed by atoms with E-state index in [0.717, 1.165) is 43.7 Å². The Morgan fingerprint density at radius 3 is 2.43 bits per heavy atom. The quantitative estimate of drug-likeness (QED) is 0.792. The summed E-state index contributed by atoms with van der Waals surface area (Å²) >= 11 is 3.47. The molecule has 6 heteroatoms. The number of hydrogen-bond acceptors (Lipinski definition) is 3. The van der Waals surface area contributed by atoms with Gasteiger partial charge in [0.05, 0.1) is 0 Å². The Balaban J connectivity index is 0.00000264. The maximum absolute atomic E-state index is 12.3. The van der Waals surface area contributed by atoms with E-state index in [9.17, 15) is 4.79 Å². The average molecular weight is 405 g/mol. The third-order valence-electron chi connectivity index (χ3n) is 4.11. The first-order chi connectivity index (χ1) is 10.6. The molecule has 0 bridgehead atoms. The van der Waals surface area contributed by atoms with Gasteiger partial charge in [0.1, 0.15) is 0 Å². The minimum Gasteiger partial charge on any atom is -0.340 e. The van der Waals surface area contributed by atoms with Gasteiger partial charge in [0.2, 0.25) is 5.91 Å². The van der Waals surface area contributed by atoms with Crippen molar-refractivity contribution in [3.63, 3.8) is 0 Å². The summed E-state index contributed by atoms with van der Waals surface area (Å²) < 4.78 is 1.10. The zero-order valence-corrected chi connectivity index (χ0v) is 16.3. The van der Waals surface area contributed by atoms with Gasteiger partial charge in [0.15, 0.2) is 0 Å². The molecule has 0 spiro atoms. The number of carbonyl (C=O) groups is 1. The van der Waals surface area contributed by atoms with Crippen molar-refractivity contribution >= 4 is 34.2 Å². The lowest BCUT2D eigenvalue weighted by Gasteiger charge is -2.30. The highest BCUT2D eigenvalue weighted by Gasteiger charge is 2.18. The van der Waals surface area contributed by atoms with Crippen LogP contribution in [0.1, 0.15) is 25.8 Å². The van der Waals surface area contributed by atoms with E-state index in [0.29, 0.717) is 12.5 Å². The third kappa shape index (κ3) is 6.79. The fraction of sp³-hybridized carbons (Fsp3) is 0.588. The van der Waals surface area contributed by atoms with Gasteiger partial charge in [-0.1, -0.05) is 28.1 Å². The number of halogens is 2. The van der Waals surface area contributed by atoms with Gasteiger partial charge in [0.25, 0.3) is 0 Å². The van der Waals surface area contributed by atoms with Crippen LogP contribution in [0.2, 0.25) is 0 Å². The van der Waals surface area contributed by atoms with E-state index < -0.39 is 0 Å². The molecule has 1 aromatic carbocycles.